The van der Waals surface area contributed by atoms with Crippen molar-refractivity contribution in [3.63, 3.8) is 0 Å². The summed E-state index contributed by atoms with van der Waals surface area (Å²) in [4.78, 5) is 13.8. The molecule has 1 saturated heterocycles. The molecule has 96 valence electrons. The number of amides is 1. The Morgan fingerprint density at radius 2 is 1.58 bits per heavy atom. The second kappa shape index (κ2) is 4.50. The number of halogens is 1. The van der Waals surface area contributed by atoms with Gasteiger partial charge >= 0.3 is 0 Å². The third-order valence-corrected chi connectivity index (χ3v) is 3.72. The molecule has 0 N–H and O–H groups in total. The Morgan fingerprint density at radius 1 is 0.947 bits per heavy atom. The Hall–Kier alpha value is -2.16. The molecular weight excluding hydrogens is 241 g/mol. The summed E-state index contributed by atoms with van der Waals surface area (Å²) in [7, 11) is 1.79. The number of nitrogens with zero attached hydrogens (tertiary/aromatic N) is 1. The number of rotatable bonds is 2. The van der Waals surface area contributed by atoms with E-state index in [1.807, 2.05) is 30.3 Å². The summed E-state index contributed by atoms with van der Waals surface area (Å²) in [6.07, 6.45) is 0. The van der Waals surface area contributed by atoms with E-state index in [0.29, 0.717) is 0 Å². The van der Waals surface area contributed by atoms with Crippen molar-refractivity contribution in [1.82, 2.24) is 4.90 Å². The standard InChI is InChI=1S/C16H14FNO/c1-18-15(12-7-9-13(17)10-8-12)14(16(18)19)11-5-3-2-4-6-11/h2-10,14-15H,1H3. The number of carbonyl (C=O) groups excluding carboxylic acids is 1. The van der Waals surface area contributed by atoms with Gasteiger partial charge in [-0.2, -0.15) is 0 Å². The number of β-lactam (4-membered cyclic amide) rings is 1. The fourth-order valence-corrected chi connectivity index (χ4v) is 2.69. The van der Waals surface area contributed by atoms with Gasteiger partial charge in [-0.15, -0.1) is 0 Å². The average Bonchev–Trinajstić information content (AvgIpc) is 2.46. The molecule has 3 rings (SSSR count). The van der Waals surface area contributed by atoms with E-state index in [4.69, 9.17) is 0 Å². The molecule has 3 heteroatoms. The highest BCUT2D eigenvalue weighted by Crippen LogP contribution is 2.45. The van der Waals surface area contributed by atoms with Crippen LogP contribution < -0.4 is 0 Å². The number of benzene rings is 2. The quantitative estimate of drug-likeness (QED) is 0.755. The Morgan fingerprint density at radius 3 is 2.21 bits per heavy atom. The minimum atomic E-state index is -0.256. The van der Waals surface area contributed by atoms with Crippen LogP contribution in [-0.2, 0) is 4.79 Å². The first-order valence-electron chi connectivity index (χ1n) is 6.25. The number of hydrogen-bond donors (Lipinski definition) is 0. The van der Waals surface area contributed by atoms with Crippen molar-refractivity contribution in [2.45, 2.75) is 12.0 Å². The van der Waals surface area contributed by atoms with Crippen molar-refractivity contribution in [1.29, 1.82) is 0 Å². The lowest BCUT2D eigenvalue weighted by Gasteiger charge is -2.45. The number of hydrogen-bond acceptors (Lipinski definition) is 1. The molecule has 2 unspecified atom stereocenters. The molecule has 2 aromatic rings. The van der Waals surface area contributed by atoms with Gasteiger partial charge in [0.05, 0.1) is 12.0 Å². The Bertz CT molecular complexity index is 594. The summed E-state index contributed by atoms with van der Waals surface area (Å²) in [6.45, 7) is 0. The van der Waals surface area contributed by atoms with Gasteiger partial charge in [-0.3, -0.25) is 4.79 Å². The van der Waals surface area contributed by atoms with Crippen LogP contribution in [-0.4, -0.2) is 17.9 Å². The van der Waals surface area contributed by atoms with E-state index >= 15 is 0 Å². The normalized spacial score (nSPS) is 22.2. The smallest absolute Gasteiger partial charge is 0.232 e. The van der Waals surface area contributed by atoms with Gasteiger partial charge in [0.1, 0.15) is 5.82 Å². The SMILES string of the molecule is CN1C(=O)C(c2ccccc2)C1c1ccc(F)cc1. The maximum absolute atomic E-state index is 13.0. The molecule has 2 atom stereocenters. The second-order valence-corrected chi connectivity index (χ2v) is 4.83. The van der Waals surface area contributed by atoms with Gasteiger partial charge in [-0.05, 0) is 23.3 Å². The molecule has 0 aliphatic carbocycles. The molecule has 0 radical (unpaired) electrons. The van der Waals surface area contributed by atoms with Gasteiger partial charge in [0, 0.05) is 7.05 Å². The van der Waals surface area contributed by atoms with E-state index in [1.54, 1.807) is 24.1 Å². The molecule has 2 aromatic carbocycles. The molecule has 1 aliphatic heterocycles. The van der Waals surface area contributed by atoms with Crippen molar-refractivity contribution in [3.8, 4) is 0 Å². The Balaban J connectivity index is 1.96. The van der Waals surface area contributed by atoms with Crippen LogP contribution in [0.25, 0.3) is 0 Å². The van der Waals surface area contributed by atoms with Crippen LogP contribution >= 0.6 is 0 Å². The van der Waals surface area contributed by atoms with Crippen LogP contribution in [0.2, 0.25) is 0 Å². The molecule has 1 fully saturated rings. The third kappa shape index (κ3) is 1.91. The van der Waals surface area contributed by atoms with Crippen molar-refractivity contribution in [3.05, 3.63) is 71.5 Å². The molecule has 1 aliphatic rings. The van der Waals surface area contributed by atoms with E-state index in [2.05, 4.69) is 0 Å². The Labute approximate surface area is 111 Å². The highest BCUT2D eigenvalue weighted by Gasteiger charge is 2.46. The predicted octanol–water partition coefficient (Wildman–Crippen LogP) is 3.12. The van der Waals surface area contributed by atoms with E-state index in [0.717, 1.165) is 11.1 Å². The molecule has 19 heavy (non-hydrogen) atoms. The van der Waals surface area contributed by atoms with E-state index < -0.39 is 0 Å². The van der Waals surface area contributed by atoms with Crippen LogP contribution in [0.3, 0.4) is 0 Å². The minimum absolute atomic E-state index is 0.00417. The zero-order valence-corrected chi connectivity index (χ0v) is 10.6. The molecular formula is C16H14FNO. The van der Waals surface area contributed by atoms with Crippen LogP contribution in [0, 0.1) is 5.82 Å². The maximum atomic E-state index is 13.0. The van der Waals surface area contributed by atoms with Gasteiger partial charge in [0.2, 0.25) is 5.91 Å². The monoisotopic (exact) mass is 255 g/mol. The lowest BCUT2D eigenvalue weighted by Crippen LogP contribution is -2.50. The molecule has 0 aromatic heterocycles. The summed E-state index contributed by atoms with van der Waals surface area (Å²) in [5.41, 5.74) is 1.98. The number of likely N-dealkylation sites (N-methyl/N-ethyl adjacent to an activating group) is 1. The van der Waals surface area contributed by atoms with Crippen LogP contribution in [0.5, 0.6) is 0 Å². The first-order valence-corrected chi connectivity index (χ1v) is 6.25. The fourth-order valence-electron chi connectivity index (χ4n) is 2.69. The molecule has 1 amide bonds. The van der Waals surface area contributed by atoms with Crippen molar-refractivity contribution >= 4 is 5.91 Å². The second-order valence-electron chi connectivity index (χ2n) is 4.83. The van der Waals surface area contributed by atoms with E-state index in [9.17, 15) is 9.18 Å². The van der Waals surface area contributed by atoms with Gasteiger partial charge < -0.3 is 4.90 Å². The first-order chi connectivity index (χ1) is 9.18. The van der Waals surface area contributed by atoms with Crippen LogP contribution in [0.15, 0.2) is 54.6 Å². The molecule has 0 spiro atoms. The maximum Gasteiger partial charge on any atom is 0.232 e. The zero-order chi connectivity index (χ0) is 13.4. The lowest BCUT2D eigenvalue weighted by molar-refractivity contribution is -0.147. The molecule has 0 saturated carbocycles. The van der Waals surface area contributed by atoms with Gasteiger partial charge in [0.15, 0.2) is 0 Å². The highest BCUT2D eigenvalue weighted by atomic mass is 19.1. The molecule has 1 heterocycles. The lowest BCUT2D eigenvalue weighted by atomic mass is 9.78. The summed E-state index contributed by atoms with van der Waals surface area (Å²) in [6, 6.07) is 16.1. The summed E-state index contributed by atoms with van der Waals surface area (Å²) in [5.74, 6) is -0.300. The van der Waals surface area contributed by atoms with Crippen LogP contribution in [0.1, 0.15) is 23.1 Å². The van der Waals surface area contributed by atoms with Crippen molar-refractivity contribution in [2.24, 2.45) is 0 Å². The predicted molar refractivity (Wildman–Crippen MR) is 71.1 cm³/mol. The van der Waals surface area contributed by atoms with Gasteiger partial charge in [0.25, 0.3) is 0 Å². The van der Waals surface area contributed by atoms with Gasteiger partial charge in [-0.25, -0.2) is 4.39 Å². The van der Waals surface area contributed by atoms with Crippen molar-refractivity contribution in [2.75, 3.05) is 7.05 Å². The van der Waals surface area contributed by atoms with E-state index in [1.165, 1.54) is 12.1 Å². The zero-order valence-electron chi connectivity index (χ0n) is 10.6. The first kappa shape index (κ1) is 11.9. The van der Waals surface area contributed by atoms with Gasteiger partial charge in [-0.1, -0.05) is 42.5 Å². The molecule has 2 nitrogen and oxygen atoms in total. The summed E-state index contributed by atoms with van der Waals surface area (Å²) in [5, 5.41) is 0. The number of carbonyl (C=O) groups is 1. The molecule has 0 bridgehead atoms. The largest absolute Gasteiger partial charge is 0.337 e. The van der Waals surface area contributed by atoms with Crippen molar-refractivity contribution < 1.29 is 9.18 Å². The Kier molecular flexibility index (Phi) is 2.82. The van der Waals surface area contributed by atoms with E-state index in [-0.39, 0.29) is 23.7 Å². The summed E-state index contributed by atoms with van der Waals surface area (Å²) < 4.78 is 13.0. The summed E-state index contributed by atoms with van der Waals surface area (Å²) >= 11 is 0. The number of likely N-dealkylation sites (tertiary alicyclic amines) is 1. The third-order valence-electron chi connectivity index (χ3n) is 3.72. The fraction of sp³-hybridized carbons (Fsp3) is 0.188. The minimum Gasteiger partial charge on any atom is -0.337 e. The average molecular weight is 255 g/mol. The highest BCUT2D eigenvalue weighted by molar-refractivity contribution is 5.91. The topological polar surface area (TPSA) is 20.3 Å². The van der Waals surface area contributed by atoms with Crippen LogP contribution in [0.4, 0.5) is 4.39 Å².